The van der Waals surface area contributed by atoms with Crippen LogP contribution in [0.15, 0.2) is 224 Å². The Morgan fingerprint density at radius 3 is 1.62 bits per heavy atom. The van der Waals surface area contributed by atoms with Crippen LogP contribution in [0.2, 0.25) is 0 Å². The van der Waals surface area contributed by atoms with Crippen LogP contribution in [-0.4, -0.2) is 0 Å². The number of benzene rings is 10. The van der Waals surface area contributed by atoms with Crippen molar-refractivity contribution >= 4 is 48.6 Å². The van der Waals surface area contributed by atoms with Crippen LogP contribution in [0.1, 0.15) is 47.2 Å². The van der Waals surface area contributed by atoms with Crippen LogP contribution in [0.4, 0.5) is 17.1 Å². The highest BCUT2D eigenvalue weighted by atomic mass is 32.1. The Bertz CT molecular complexity index is 3770. The number of hydrogen-bond donors (Lipinski definition) is 0. The third-order valence-corrected chi connectivity index (χ3v) is 16.3. The summed E-state index contributed by atoms with van der Waals surface area (Å²) >= 11 is 1.87. The third kappa shape index (κ3) is 5.05. The molecule has 0 amide bonds. The molecule has 0 unspecified atom stereocenters. The smallest absolute Gasteiger partial charge is 0.0725 e. The summed E-state index contributed by atoms with van der Waals surface area (Å²) in [6.07, 6.45) is 0. The van der Waals surface area contributed by atoms with Gasteiger partial charge in [0.05, 0.1) is 11.1 Å². The Morgan fingerprint density at radius 1 is 0.333 bits per heavy atom. The van der Waals surface area contributed by atoms with Crippen LogP contribution in [0.5, 0.6) is 0 Å². The second kappa shape index (κ2) is 13.9. The normalized spacial score (nSPS) is 14.2. The van der Waals surface area contributed by atoms with E-state index in [1.54, 1.807) is 0 Å². The van der Waals surface area contributed by atoms with E-state index in [0.29, 0.717) is 0 Å². The molecule has 66 heavy (non-hydrogen) atoms. The maximum absolute atomic E-state index is 2.52. The zero-order valence-electron chi connectivity index (χ0n) is 36.7. The monoisotopic (exact) mass is 857 g/mol. The van der Waals surface area contributed by atoms with Crippen molar-refractivity contribution < 1.29 is 0 Å². The minimum Gasteiger partial charge on any atom is -0.310 e. The molecule has 0 aliphatic heterocycles. The Balaban J connectivity index is 1.05. The molecule has 3 aliphatic rings. The molecule has 0 atom stereocenters. The molecule has 1 spiro atoms. The maximum Gasteiger partial charge on any atom is 0.0725 e. The molecule has 0 saturated heterocycles. The summed E-state index contributed by atoms with van der Waals surface area (Å²) in [4.78, 5) is 2.52. The van der Waals surface area contributed by atoms with Crippen molar-refractivity contribution in [2.75, 3.05) is 4.90 Å². The van der Waals surface area contributed by atoms with E-state index in [-0.39, 0.29) is 5.41 Å². The number of fused-ring (bicyclic) bond motifs is 16. The Labute approximate surface area is 389 Å². The minimum absolute atomic E-state index is 0.153. The van der Waals surface area contributed by atoms with Crippen LogP contribution in [-0.2, 0) is 10.8 Å². The van der Waals surface area contributed by atoms with Gasteiger partial charge in [0.2, 0.25) is 0 Å². The van der Waals surface area contributed by atoms with Crippen LogP contribution in [0, 0.1) is 0 Å². The summed E-state index contributed by atoms with van der Waals surface area (Å²) in [5.41, 5.74) is 23.6. The first-order chi connectivity index (χ1) is 32.5. The van der Waals surface area contributed by atoms with Crippen LogP contribution in [0.3, 0.4) is 0 Å². The van der Waals surface area contributed by atoms with Crippen LogP contribution >= 0.6 is 11.3 Å². The van der Waals surface area contributed by atoms with Gasteiger partial charge in [-0.05, 0) is 132 Å². The predicted octanol–water partition coefficient (Wildman–Crippen LogP) is 17.5. The minimum atomic E-state index is -0.437. The van der Waals surface area contributed by atoms with Gasteiger partial charge in [0, 0.05) is 42.5 Å². The molecule has 0 radical (unpaired) electrons. The van der Waals surface area contributed by atoms with Gasteiger partial charge in [0.25, 0.3) is 0 Å². The third-order valence-electron chi connectivity index (χ3n) is 15.1. The molecule has 2 heteroatoms. The number of nitrogens with zero attached hydrogens (tertiary/aromatic N) is 1. The molecule has 11 aromatic rings. The summed E-state index contributed by atoms with van der Waals surface area (Å²) < 4.78 is 2.63. The van der Waals surface area contributed by atoms with Crippen molar-refractivity contribution in [3.05, 3.63) is 258 Å². The number of hydrogen-bond acceptors (Lipinski definition) is 2. The average Bonchev–Trinajstić information content (AvgIpc) is 4.06. The molecule has 3 aliphatic carbocycles. The zero-order chi connectivity index (χ0) is 43.7. The largest absolute Gasteiger partial charge is 0.310 e. The summed E-state index contributed by atoms with van der Waals surface area (Å²) in [5.74, 6) is 0. The standard InChI is InChI=1S/C64H43NS/c1-63(2)53-25-11-6-19-44(53)47-35-33-43(39-58(47)63)65(42-17-4-3-5-18-42)59-38-41(40-32-36-61-52(37-40)49-22-10-15-30-60(49)66-61)31-34-48(59)50-24-16-29-57-62(50)51-23-9-14-28-56(51)64(57)54-26-12-7-20-45(54)46-21-8-13-27-55(46)64/h3-39H,1-2H3. The highest BCUT2D eigenvalue weighted by molar-refractivity contribution is 7.25. The molecule has 1 nitrogen and oxygen atoms in total. The molecular weight excluding hydrogens is 815 g/mol. The van der Waals surface area contributed by atoms with E-state index < -0.39 is 5.41 Å². The topological polar surface area (TPSA) is 3.24 Å². The summed E-state index contributed by atoms with van der Waals surface area (Å²) in [6, 6.07) is 84.6. The molecule has 1 heterocycles. The number of rotatable bonds is 5. The molecule has 10 aromatic carbocycles. The zero-order valence-corrected chi connectivity index (χ0v) is 37.5. The van der Waals surface area contributed by atoms with Crippen molar-refractivity contribution in [3.8, 4) is 55.6 Å². The van der Waals surface area contributed by atoms with Gasteiger partial charge in [-0.3, -0.25) is 0 Å². The maximum atomic E-state index is 2.52. The number of para-hydroxylation sites is 1. The van der Waals surface area contributed by atoms with Gasteiger partial charge in [0.1, 0.15) is 0 Å². The molecule has 0 bridgehead atoms. The van der Waals surface area contributed by atoms with Crippen molar-refractivity contribution in [3.63, 3.8) is 0 Å². The fourth-order valence-electron chi connectivity index (χ4n) is 12.2. The summed E-state index contributed by atoms with van der Waals surface area (Å²) in [5, 5.41) is 2.62. The molecule has 0 fully saturated rings. The van der Waals surface area contributed by atoms with E-state index in [2.05, 4.69) is 243 Å². The van der Waals surface area contributed by atoms with Gasteiger partial charge < -0.3 is 4.90 Å². The second-order valence-electron chi connectivity index (χ2n) is 18.7. The Kier molecular flexibility index (Phi) is 7.89. The molecule has 310 valence electrons. The Hall–Kier alpha value is -7.78. The van der Waals surface area contributed by atoms with Gasteiger partial charge in [-0.2, -0.15) is 0 Å². The van der Waals surface area contributed by atoms with E-state index in [1.165, 1.54) is 109 Å². The average molecular weight is 858 g/mol. The van der Waals surface area contributed by atoms with Crippen molar-refractivity contribution in [2.45, 2.75) is 24.7 Å². The Morgan fingerprint density at radius 2 is 0.864 bits per heavy atom. The van der Waals surface area contributed by atoms with E-state index in [9.17, 15) is 0 Å². The van der Waals surface area contributed by atoms with E-state index >= 15 is 0 Å². The lowest BCUT2D eigenvalue weighted by Gasteiger charge is -2.31. The van der Waals surface area contributed by atoms with Crippen molar-refractivity contribution in [1.29, 1.82) is 0 Å². The molecule has 14 rings (SSSR count). The summed E-state index contributed by atoms with van der Waals surface area (Å²) in [6.45, 7) is 4.76. The van der Waals surface area contributed by atoms with Crippen LogP contribution in [0.25, 0.3) is 75.8 Å². The lowest BCUT2D eigenvalue weighted by atomic mass is 9.70. The first kappa shape index (κ1) is 37.6. The highest BCUT2D eigenvalue weighted by Gasteiger charge is 2.52. The summed E-state index contributed by atoms with van der Waals surface area (Å²) in [7, 11) is 0. The van der Waals surface area contributed by atoms with Crippen molar-refractivity contribution in [1.82, 2.24) is 0 Å². The van der Waals surface area contributed by atoms with Gasteiger partial charge in [-0.1, -0.05) is 190 Å². The number of anilines is 3. The molecule has 0 N–H and O–H groups in total. The van der Waals surface area contributed by atoms with Gasteiger partial charge in [0.15, 0.2) is 0 Å². The lowest BCUT2D eigenvalue weighted by molar-refractivity contribution is 0.660. The van der Waals surface area contributed by atoms with Gasteiger partial charge >= 0.3 is 0 Å². The first-order valence-electron chi connectivity index (χ1n) is 23.1. The van der Waals surface area contributed by atoms with Crippen molar-refractivity contribution in [2.24, 2.45) is 0 Å². The van der Waals surface area contributed by atoms with E-state index in [0.717, 1.165) is 17.1 Å². The van der Waals surface area contributed by atoms with Gasteiger partial charge in [-0.15, -0.1) is 11.3 Å². The fourth-order valence-corrected chi connectivity index (χ4v) is 13.3. The molecule has 1 aromatic heterocycles. The SMILES string of the molecule is CC1(C)c2ccccc2-c2ccc(N(c3ccccc3)c3cc(-c4ccc5sc6ccccc6c5c4)ccc3-c3cccc4c3-c3ccccc3C43c4ccccc4-c4ccccc43)cc21. The quantitative estimate of drug-likeness (QED) is 0.167. The van der Waals surface area contributed by atoms with E-state index in [4.69, 9.17) is 0 Å². The molecular formula is C64H43NS. The van der Waals surface area contributed by atoms with E-state index in [1.807, 2.05) is 11.3 Å². The predicted molar refractivity (Wildman–Crippen MR) is 279 cm³/mol. The second-order valence-corrected chi connectivity index (χ2v) is 19.8. The number of thiophene rings is 1. The fraction of sp³-hybridized carbons (Fsp3) is 0.0625. The highest BCUT2D eigenvalue weighted by Crippen LogP contribution is 2.64. The van der Waals surface area contributed by atoms with Gasteiger partial charge in [-0.25, -0.2) is 0 Å². The van der Waals surface area contributed by atoms with Crippen LogP contribution < -0.4 is 4.90 Å². The molecule has 0 saturated carbocycles. The lowest BCUT2D eigenvalue weighted by Crippen LogP contribution is -2.25. The first-order valence-corrected chi connectivity index (χ1v) is 23.9.